The van der Waals surface area contributed by atoms with Crippen molar-refractivity contribution in [3.05, 3.63) is 0 Å². The van der Waals surface area contributed by atoms with Crippen molar-refractivity contribution in [3.8, 4) is 0 Å². The zero-order valence-electron chi connectivity index (χ0n) is 11.2. The SMILES string of the molecule is CCC1CCCCN1C(=O)CSCCC(C)N. The van der Waals surface area contributed by atoms with E-state index in [4.69, 9.17) is 5.73 Å². The summed E-state index contributed by atoms with van der Waals surface area (Å²) < 4.78 is 0. The maximum absolute atomic E-state index is 12.1. The highest BCUT2D eigenvalue weighted by Gasteiger charge is 2.24. The van der Waals surface area contributed by atoms with Crippen LogP contribution in [0.1, 0.15) is 46.0 Å². The van der Waals surface area contributed by atoms with Gasteiger partial charge in [0.15, 0.2) is 0 Å². The minimum atomic E-state index is 0.246. The highest BCUT2D eigenvalue weighted by Crippen LogP contribution is 2.20. The van der Waals surface area contributed by atoms with E-state index in [1.54, 1.807) is 11.8 Å². The van der Waals surface area contributed by atoms with Gasteiger partial charge in [-0.2, -0.15) is 11.8 Å². The first-order chi connectivity index (χ1) is 8.15. The maximum Gasteiger partial charge on any atom is 0.232 e. The van der Waals surface area contributed by atoms with E-state index in [9.17, 15) is 4.79 Å². The third-order valence-corrected chi connectivity index (χ3v) is 4.34. The number of piperidine rings is 1. The van der Waals surface area contributed by atoms with Gasteiger partial charge in [-0.1, -0.05) is 6.92 Å². The Labute approximate surface area is 109 Å². The lowest BCUT2D eigenvalue weighted by Gasteiger charge is -2.35. The van der Waals surface area contributed by atoms with E-state index in [1.807, 2.05) is 6.92 Å². The minimum Gasteiger partial charge on any atom is -0.339 e. The van der Waals surface area contributed by atoms with Crippen molar-refractivity contribution in [1.82, 2.24) is 4.90 Å². The molecule has 1 fully saturated rings. The Morgan fingerprint density at radius 2 is 2.29 bits per heavy atom. The summed E-state index contributed by atoms with van der Waals surface area (Å²) in [6.07, 6.45) is 5.73. The van der Waals surface area contributed by atoms with Crippen LogP contribution in [0.5, 0.6) is 0 Å². The number of likely N-dealkylation sites (tertiary alicyclic amines) is 1. The fourth-order valence-corrected chi connectivity index (χ4v) is 3.29. The number of nitrogens with two attached hydrogens (primary N) is 1. The molecule has 100 valence electrons. The number of thioether (sulfide) groups is 1. The summed E-state index contributed by atoms with van der Waals surface area (Å²) in [7, 11) is 0. The van der Waals surface area contributed by atoms with E-state index < -0.39 is 0 Å². The first kappa shape index (κ1) is 14.8. The molecule has 2 N–H and O–H groups in total. The predicted octanol–water partition coefficient (Wildman–Crippen LogP) is 2.25. The van der Waals surface area contributed by atoms with Crippen LogP contribution in [0.2, 0.25) is 0 Å². The number of amides is 1. The van der Waals surface area contributed by atoms with Crippen LogP contribution in [-0.2, 0) is 4.79 Å². The highest BCUT2D eigenvalue weighted by atomic mass is 32.2. The third kappa shape index (κ3) is 5.30. The van der Waals surface area contributed by atoms with Gasteiger partial charge < -0.3 is 10.6 Å². The number of carbonyl (C=O) groups excluding carboxylic acids is 1. The monoisotopic (exact) mass is 258 g/mol. The van der Waals surface area contributed by atoms with Crippen molar-refractivity contribution in [2.75, 3.05) is 18.1 Å². The second-order valence-corrected chi connectivity index (χ2v) is 6.07. The normalized spacial score (nSPS) is 22.5. The molecule has 3 nitrogen and oxygen atoms in total. The van der Waals surface area contributed by atoms with E-state index in [-0.39, 0.29) is 6.04 Å². The quantitative estimate of drug-likeness (QED) is 0.743. The summed E-state index contributed by atoms with van der Waals surface area (Å²) in [4.78, 5) is 14.2. The Kier molecular flexibility index (Phi) is 6.97. The van der Waals surface area contributed by atoms with Gasteiger partial charge in [0.1, 0.15) is 0 Å². The number of hydrogen-bond acceptors (Lipinski definition) is 3. The summed E-state index contributed by atoms with van der Waals surface area (Å²) in [6, 6.07) is 0.737. The zero-order chi connectivity index (χ0) is 12.7. The molecule has 0 aromatic rings. The third-order valence-electron chi connectivity index (χ3n) is 3.36. The van der Waals surface area contributed by atoms with Crippen molar-refractivity contribution < 1.29 is 4.79 Å². The highest BCUT2D eigenvalue weighted by molar-refractivity contribution is 7.99. The molecule has 1 amide bonds. The van der Waals surface area contributed by atoms with Crippen molar-refractivity contribution in [3.63, 3.8) is 0 Å². The first-order valence-corrected chi connectivity index (χ1v) is 7.93. The Bertz CT molecular complexity index is 233. The van der Waals surface area contributed by atoms with Gasteiger partial charge in [-0.25, -0.2) is 0 Å². The fourth-order valence-electron chi connectivity index (χ4n) is 2.26. The molecule has 1 heterocycles. The molecular formula is C13H26N2OS. The first-order valence-electron chi connectivity index (χ1n) is 6.78. The average Bonchev–Trinajstić information content (AvgIpc) is 2.34. The van der Waals surface area contributed by atoms with Crippen LogP contribution in [0, 0.1) is 0 Å². The summed E-state index contributed by atoms with van der Waals surface area (Å²) in [6.45, 7) is 5.16. The van der Waals surface area contributed by atoms with Crippen molar-refractivity contribution in [1.29, 1.82) is 0 Å². The number of nitrogens with zero attached hydrogens (tertiary/aromatic N) is 1. The van der Waals surface area contributed by atoms with Crippen molar-refractivity contribution in [2.24, 2.45) is 5.73 Å². The molecule has 0 aromatic carbocycles. The van der Waals surface area contributed by atoms with Gasteiger partial charge in [0.25, 0.3) is 0 Å². The fraction of sp³-hybridized carbons (Fsp3) is 0.923. The van der Waals surface area contributed by atoms with E-state index in [2.05, 4.69) is 11.8 Å². The Morgan fingerprint density at radius 1 is 1.53 bits per heavy atom. The molecule has 0 aliphatic carbocycles. The summed E-state index contributed by atoms with van der Waals surface area (Å²) in [5.41, 5.74) is 5.69. The zero-order valence-corrected chi connectivity index (χ0v) is 12.0. The number of rotatable bonds is 6. The molecule has 17 heavy (non-hydrogen) atoms. The topological polar surface area (TPSA) is 46.3 Å². The van der Waals surface area contributed by atoms with Gasteiger partial charge in [-0.3, -0.25) is 4.79 Å². The van der Waals surface area contributed by atoms with Gasteiger partial charge in [0, 0.05) is 18.6 Å². The van der Waals surface area contributed by atoms with Gasteiger partial charge >= 0.3 is 0 Å². The van der Waals surface area contributed by atoms with Crippen LogP contribution in [0.15, 0.2) is 0 Å². The molecule has 2 atom stereocenters. The lowest BCUT2D eigenvalue weighted by Crippen LogP contribution is -2.44. The van der Waals surface area contributed by atoms with Gasteiger partial charge in [-0.15, -0.1) is 0 Å². The van der Waals surface area contributed by atoms with Crippen LogP contribution in [0.25, 0.3) is 0 Å². The summed E-state index contributed by atoms with van der Waals surface area (Å²) >= 11 is 1.72. The Hall–Kier alpha value is -0.220. The number of carbonyl (C=O) groups is 1. The average molecular weight is 258 g/mol. The molecular weight excluding hydrogens is 232 g/mol. The van der Waals surface area contributed by atoms with Crippen LogP contribution in [0.4, 0.5) is 0 Å². The molecule has 1 aliphatic heterocycles. The van der Waals surface area contributed by atoms with Gasteiger partial charge in [0.2, 0.25) is 5.91 Å². The Morgan fingerprint density at radius 3 is 2.94 bits per heavy atom. The molecule has 1 rings (SSSR count). The second-order valence-electron chi connectivity index (χ2n) is 4.96. The van der Waals surface area contributed by atoms with Gasteiger partial charge in [0.05, 0.1) is 5.75 Å². The molecule has 2 unspecified atom stereocenters. The minimum absolute atomic E-state index is 0.246. The van der Waals surface area contributed by atoms with Crippen molar-refractivity contribution >= 4 is 17.7 Å². The lowest BCUT2D eigenvalue weighted by molar-refractivity contribution is -0.132. The van der Waals surface area contributed by atoms with Crippen molar-refractivity contribution in [2.45, 2.75) is 58.0 Å². The van der Waals surface area contributed by atoms with E-state index in [1.165, 1.54) is 19.3 Å². The molecule has 4 heteroatoms. The second kappa shape index (κ2) is 7.98. The van der Waals surface area contributed by atoms with E-state index in [0.717, 1.165) is 25.1 Å². The molecule has 0 bridgehead atoms. The molecule has 0 spiro atoms. The summed E-state index contributed by atoms with van der Waals surface area (Å²) in [5, 5.41) is 0. The molecule has 0 saturated carbocycles. The lowest BCUT2D eigenvalue weighted by atomic mass is 10.0. The largest absolute Gasteiger partial charge is 0.339 e. The maximum atomic E-state index is 12.1. The molecule has 1 saturated heterocycles. The van der Waals surface area contributed by atoms with Crippen LogP contribution < -0.4 is 5.73 Å². The molecule has 0 radical (unpaired) electrons. The summed E-state index contributed by atoms with van der Waals surface area (Å²) in [5.74, 6) is 1.95. The van der Waals surface area contributed by atoms with Gasteiger partial charge in [-0.05, 0) is 44.8 Å². The Balaban J connectivity index is 2.25. The van der Waals surface area contributed by atoms with Crippen LogP contribution >= 0.6 is 11.8 Å². The standard InChI is InChI=1S/C13H26N2OS/c1-3-12-6-4-5-8-15(12)13(16)10-17-9-7-11(2)14/h11-12H,3-10,14H2,1-2H3. The molecule has 0 aromatic heterocycles. The number of hydrogen-bond donors (Lipinski definition) is 1. The van der Waals surface area contributed by atoms with Crippen LogP contribution in [-0.4, -0.2) is 40.9 Å². The van der Waals surface area contributed by atoms with Crippen LogP contribution in [0.3, 0.4) is 0 Å². The smallest absolute Gasteiger partial charge is 0.232 e. The van der Waals surface area contributed by atoms with E-state index in [0.29, 0.717) is 17.7 Å². The predicted molar refractivity (Wildman–Crippen MR) is 75.2 cm³/mol. The molecule has 1 aliphatic rings. The van der Waals surface area contributed by atoms with E-state index >= 15 is 0 Å².